The summed E-state index contributed by atoms with van der Waals surface area (Å²) in [5.74, 6) is -0.476. The second-order valence-electron chi connectivity index (χ2n) is 7.10. The quantitative estimate of drug-likeness (QED) is 0.616. The normalized spacial score (nSPS) is 19.5. The van der Waals surface area contributed by atoms with E-state index in [1.165, 1.54) is 13.5 Å². The van der Waals surface area contributed by atoms with E-state index < -0.39 is 5.97 Å². The molecular weight excluding hydrogens is 358 g/mol. The molecule has 1 amide bonds. The highest BCUT2D eigenvalue weighted by Crippen LogP contribution is 2.39. The van der Waals surface area contributed by atoms with Crippen molar-refractivity contribution in [3.8, 4) is 11.5 Å². The minimum atomic E-state index is -0.545. The number of phenols is 1. The summed E-state index contributed by atoms with van der Waals surface area (Å²) in [5, 5.41) is 10.5. The molecule has 3 rings (SSSR count). The highest BCUT2D eigenvalue weighted by molar-refractivity contribution is 6.16. The van der Waals surface area contributed by atoms with Crippen LogP contribution in [0.3, 0.4) is 0 Å². The number of carbonyl (C=O) groups excluding carboxylic acids is 2. The van der Waals surface area contributed by atoms with E-state index in [2.05, 4.69) is 0 Å². The molecule has 1 aliphatic carbocycles. The number of amides is 1. The van der Waals surface area contributed by atoms with Crippen LogP contribution in [0.1, 0.15) is 51.5 Å². The van der Waals surface area contributed by atoms with Crippen molar-refractivity contribution in [2.45, 2.75) is 52.0 Å². The summed E-state index contributed by atoms with van der Waals surface area (Å²) >= 11 is 0. The Morgan fingerprint density at radius 3 is 2.64 bits per heavy atom. The number of phenolic OH excluding ortho intramolecular Hbond substituents is 1. The van der Waals surface area contributed by atoms with E-state index in [4.69, 9.17) is 9.47 Å². The number of hydrogen-bond acceptors (Lipinski definition) is 5. The summed E-state index contributed by atoms with van der Waals surface area (Å²) < 4.78 is 10.4. The number of rotatable bonds is 5. The lowest BCUT2D eigenvalue weighted by Crippen LogP contribution is -2.37. The van der Waals surface area contributed by atoms with Crippen LogP contribution in [0, 0.1) is 0 Å². The molecule has 1 aromatic carbocycles. The molecule has 28 heavy (non-hydrogen) atoms. The number of esters is 1. The molecule has 0 radical (unpaired) electrons. The standard InChI is InChI=1S/C22H27NO5/c1-4-28-18-12-8-9-15(20(18)24)13-17-19(22(26)27-3)14(2)23(21(17)25)16-10-6-5-7-11-16/h8-9,12-13,16,24H,4-7,10-11H2,1-3H3/b17-13-. The number of allylic oxidation sites excluding steroid dienone is 1. The van der Waals surface area contributed by atoms with Gasteiger partial charge in [-0.15, -0.1) is 0 Å². The number of hydrogen-bond donors (Lipinski definition) is 1. The van der Waals surface area contributed by atoms with Crippen LogP contribution in [0.4, 0.5) is 0 Å². The van der Waals surface area contributed by atoms with Gasteiger partial charge in [0.2, 0.25) is 0 Å². The maximum atomic E-state index is 13.3. The van der Waals surface area contributed by atoms with Gasteiger partial charge in [-0.3, -0.25) is 4.79 Å². The molecule has 1 heterocycles. The van der Waals surface area contributed by atoms with E-state index in [-0.39, 0.29) is 28.8 Å². The lowest BCUT2D eigenvalue weighted by atomic mass is 9.94. The molecule has 1 N–H and O–H groups in total. The van der Waals surface area contributed by atoms with Crippen molar-refractivity contribution in [1.29, 1.82) is 0 Å². The monoisotopic (exact) mass is 385 g/mol. The molecule has 1 aromatic rings. The maximum Gasteiger partial charge on any atom is 0.340 e. The predicted molar refractivity (Wildman–Crippen MR) is 106 cm³/mol. The van der Waals surface area contributed by atoms with Crippen molar-refractivity contribution < 1.29 is 24.2 Å². The summed E-state index contributed by atoms with van der Waals surface area (Å²) in [7, 11) is 1.31. The molecule has 6 nitrogen and oxygen atoms in total. The Hall–Kier alpha value is -2.76. The number of ether oxygens (including phenoxy) is 2. The fraction of sp³-hybridized carbons (Fsp3) is 0.455. The van der Waals surface area contributed by atoms with Crippen molar-refractivity contribution in [3.05, 3.63) is 40.6 Å². The first-order valence-corrected chi connectivity index (χ1v) is 9.79. The van der Waals surface area contributed by atoms with E-state index in [0.29, 0.717) is 23.6 Å². The lowest BCUT2D eigenvalue weighted by Gasteiger charge is -2.32. The predicted octanol–water partition coefficient (Wildman–Crippen LogP) is 3.80. The van der Waals surface area contributed by atoms with Gasteiger partial charge in [0.1, 0.15) is 0 Å². The summed E-state index contributed by atoms with van der Waals surface area (Å²) in [6, 6.07) is 5.18. The van der Waals surface area contributed by atoms with Crippen LogP contribution >= 0.6 is 0 Å². The number of benzene rings is 1. The smallest absolute Gasteiger partial charge is 0.340 e. The Balaban J connectivity index is 2.06. The molecule has 150 valence electrons. The van der Waals surface area contributed by atoms with Crippen LogP contribution in [-0.2, 0) is 14.3 Å². The fourth-order valence-electron chi connectivity index (χ4n) is 4.06. The highest BCUT2D eigenvalue weighted by atomic mass is 16.5. The molecule has 2 aliphatic rings. The van der Waals surface area contributed by atoms with Gasteiger partial charge in [-0.1, -0.05) is 31.4 Å². The molecule has 0 bridgehead atoms. The van der Waals surface area contributed by atoms with Gasteiger partial charge in [0, 0.05) is 17.3 Å². The molecule has 1 fully saturated rings. The molecule has 0 saturated heterocycles. The lowest BCUT2D eigenvalue weighted by molar-refractivity contribution is -0.136. The molecule has 1 aliphatic heterocycles. The van der Waals surface area contributed by atoms with Gasteiger partial charge in [0.25, 0.3) is 5.91 Å². The van der Waals surface area contributed by atoms with Crippen LogP contribution < -0.4 is 4.74 Å². The van der Waals surface area contributed by atoms with Gasteiger partial charge in [0.15, 0.2) is 11.5 Å². The Bertz CT molecular complexity index is 833. The third kappa shape index (κ3) is 3.63. The van der Waals surface area contributed by atoms with Crippen molar-refractivity contribution in [2.24, 2.45) is 0 Å². The van der Waals surface area contributed by atoms with E-state index >= 15 is 0 Å². The number of nitrogens with zero attached hydrogens (tertiary/aromatic N) is 1. The highest BCUT2D eigenvalue weighted by Gasteiger charge is 2.40. The van der Waals surface area contributed by atoms with E-state index in [0.717, 1.165) is 25.7 Å². The average Bonchev–Trinajstić information content (AvgIpc) is 2.95. The summed E-state index contributed by atoms with van der Waals surface area (Å²) in [5.41, 5.74) is 1.56. The third-order valence-corrected chi connectivity index (χ3v) is 5.40. The molecule has 0 aromatic heterocycles. The zero-order valence-corrected chi connectivity index (χ0v) is 16.7. The van der Waals surface area contributed by atoms with Crippen LogP contribution in [-0.4, -0.2) is 41.6 Å². The number of methoxy groups -OCH3 is 1. The Kier molecular flexibility index (Phi) is 6.07. The maximum absolute atomic E-state index is 13.3. The van der Waals surface area contributed by atoms with Gasteiger partial charge in [0.05, 0.1) is 24.9 Å². The molecular formula is C22H27NO5. The van der Waals surface area contributed by atoms with Crippen LogP contribution in [0.25, 0.3) is 6.08 Å². The Labute approximate surface area is 165 Å². The van der Waals surface area contributed by atoms with E-state index in [9.17, 15) is 14.7 Å². The van der Waals surface area contributed by atoms with Crippen LogP contribution in [0.15, 0.2) is 35.0 Å². The van der Waals surface area contributed by atoms with Crippen molar-refractivity contribution >= 4 is 18.0 Å². The molecule has 6 heteroatoms. The third-order valence-electron chi connectivity index (χ3n) is 5.40. The molecule has 1 saturated carbocycles. The van der Waals surface area contributed by atoms with E-state index in [1.807, 2.05) is 6.92 Å². The molecule has 0 spiro atoms. The number of para-hydroxylation sites is 1. The largest absolute Gasteiger partial charge is 0.504 e. The minimum absolute atomic E-state index is 0.0531. The summed E-state index contributed by atoms with van der Waals surface area (Å²) in [4.78, 5) is 27.5. The average molecular weight is 385 g/mol. The topological polar surface area (TPSA) is 76.1 Å². The summed E-state index contributed by atoms with van der Waals surface area (Å²) in [6.45, 7) is 4.03. The second kappa shape index (κ2) is 8.50. The number of aromatic hydroxyl groups is 1. The second-order valence-corrected chi connectivity index (χ2v) is 7.10. The Morgan fingerprint density at radius 1 is 1.29 bits per heavy atom. The van der Waals surface area contributed by atoms with Crippen molar-refractivity contribution in [3.63, 3.8) is 0 Å². The SMILES string of the molecule is CCOc1cccc(/C=C2\C(=O)N(C3CCCCC3)C(C)=C2C(=O)OC)c1O. The first-order valence-electron chi connectivity index (χ1n) is 9.79. The Morgan fingerprint density at radius 2 is 2.00 bits per heavy atom. The fourth-order valence-corrected chi connectivity index (χ4v) is 4.06. The van der Waals surface area contributed by atoms with Crippen molar-refractivity contribution in [1.82, 2.24) is 4.90 Å². The van der Waals surface area contributed by atoms with Crippen LogP contribution in [0.2, 0.25) is 0 Å². The van der Waals surface area contributed by atoms with Gasteiger partial charge in [-0.25, -0.2) is 4.79 Å². The van der Waals surface area contributed by atoms with Gasteiger partial charge in [-0.05, 0) is 38.8 Å². The van der Waals surface area contributed by atoms with Crippen molar-refractivity contribution in [2.75, 3.05) is 13.7 Å². The van der Waals surface area contributed by atoms with E-state index in [1.54, 1.807) is 36.1 Å². The van der Waals surface area contributed by atoms with Crippen LogP contribution in [0.5, 0.6) is 11.5 Å². The molecule has 0 unspecified atom stereocenters. The minimum Gasteiger partial charge on any atom is -0.504 e. The van der Waals surface area contributed by atoms with Gasteiger partial charge < -0.3 is 19.5 Å². The zero-order valence-electron chi connectivity index (χ0n) is 16.7. The van der Waals surface area contributed by atoms with Gasteiger partial charge >= 0.3 is 5.97 Å². The molecule has 0 atom stereocenters. The number of carbonyl (C=O) groups is 2. The first kappa shape index (κ1) is 20.0. The summed E-state index contributed by atoms with van der Waals surface area (Å²) in [6.07, 6.45) is 6.73. The first-order chi connectivity index (χ1) is 13.5. The van der Waals surface area contributed by atoms with Gasteiger partial charge in [-0.2, -0.15) is 0 Å². The zero-order chi connectivity index (χ0) is 20.3.